The number of hydrogen-bond acceptors (Lipinski definition) is 5. The maximum absolute atomic E-state index is 12.5. The van der Waals surface area contributed by atoms with Crippen LogP contribution in [0.3, 0.4) is 0 Å². The lowest BCUT2D eigenvalue weighted by Gasteiger charge is -2.21. The third-order valence-corrected chi connectivity index (χ3v) is 6.67. The van der Waals surface area contributed by atoms with Gasteiger partial charge in [0.25, 0.3) is 0 Å². The van der Waals surface area contributed by atoms with E-state index in [0.717, 1.165) is 22.6 Å². The Morgan fingerprint density at radius 3 is 2.44 bits per heavy atom. The Labute approximate surface area is 161 Å². The Hall–Kier alpha value is -2.09. The second-order valence-electron chi connectivity index (χ2n) is 6.80. The molecule has 3 rings (SSSR count). The third-order valence-electron chi connectivity index (χ3n) is 4.62. The first kappa shape index (κ1) is 19.7. The van der Waals surface area contributed by atoms with Crippen LogP contribution >= 0.6 is 0 Å². The molecule has 0 spiro atoms. The normalized spacial score (nSPS) is 14.0. The van der Waals surface area contributed by atoms with E-state index in [-0.39, 0.29) is 6.04 Å². The van der Waals surface area contributed by atoms with Crippen LogP contribution in [0, 0.1) is 0 Å². The van der Waals surface area contributed by atoms with E-state index in [1.807, 2.05) is 44.2 Å². The first-order valence-electron chi connectivity index (χ1n) is 9.05. The molecule has 6 nitrogen and oxygen atoms in total. The van der Waals surface area contributed by atoms with Gasteiger partial charge in [-0.15, -0.1) is 0 Å². The van der Waals surface area contributed by atoms with Crippen LogP contribution in [0.5, 0.6) is 11.5 Å². The SMILES string of the molecule is CC(C)N(C)S(=O)(=O)c1ccc(CNCc2cccc3c2OCCO3)cc1. The number of rotatable bonds is 7. The van der Waals surface area contributed by atoms with Gasteiger partial charge in [0.1, 0.15) is 13.2 Å². The van der Waals surface area contributed by atoms with Crippen molar-refractivity contribution in [2.75, 3.05) is 20.3 Å². The van der Waals surface area contributed by atoms with Crippen molar-refractivity contribution in [1.29, 1.82) is 0 Å². The molecule has 27 heavy (non-hydrogen) atoms. The number of sulfonamides is 1. The summed E-state index contributed by atoms with van der Waals surface area (Å²) in [6.45, 7) is 6.11. The van der Waals surface area contributed by atoms with Gasteiger partial charge in [0, 0.05) is 31.7 Å². The van der Waals surface area contributed by atoms with Crippen LogP contribution in [0.4, 0.5) is 0 Å². The first-order chi connectivity index (χ1) is 12.9. The molecule has 0 aliphatic carbocycles. The van der Waals surface area contributed by atoms with E-state index in [0.29, 0.717) is 31.2 Å². The van der Waals surface area contributed by atoms with Crippen molar-refractivity contribution in [1.82, 2.24) is 9.62 Å². The first-order valence-corrected chi connectivity index (χ1v) is 10.5. The van der Waals surface area contributed by atoms with Crippen molar-refractivity contribution in [2.45, 2.75) is 37.9 Å². The fraction of sp³-hybridized carbons (Fsp3) is 0.400. The highest BCUT2D eigenvalue weighted by Crippen LogP contribution is 2.33. The van der Waals surface area contributed by atoms with Crippen LogP contribution in [0.1, 0.15) is 25.0 Å². The fourth-order valence-corrected chi connectivity index (χ4v) is 4.21. The summed E-state index contributed by atoms with van der Waals surface area (Å²) >= 11 is 0. The van der Waals surface area contributed by atoms with Crippen molar-refractivity contribution in [3.05, 3.63) is 53.6 Å². The molecular formula is C20H26N2O4S. The van der Waals surface area contributed by atoms with Crippen molar-refractivity contribution >= 4 is 10.0 Å². The molecular weight excluding hydrogens is 364 g/mol. The summed E-state index contributed by atoms with van der Waals surface area (Å²) in [6, 6.07) is 12.8. The molecule has 0 unspecified atom stereocenters. The molecule has 0 saturated carbocycles. The van der Waals surface area contributed by atoms with Gasteiger partial charge in [0.05, 0.1) is 4.90 Å². The summed E-state index contributed by atoms with van der Waals surface area (Å²) in [7, 11) is -1.85. The van der Waals surface area contributed by atoms with Gasteiger partial charge in [0.2, 0.25) is 10.0 Å². The molecule has 0 aromatic heterocycles. The Balaban J connectivity index is 1.62. The molecule has 1 heterocycles. The highest BCUT2D eigenvalue weighted by molar-refractivity contribution is 7.89. The van der Waals surface area contributed by atoms with Gasteiger partial charge in [-0.25, -0.2) is 8.42 Å². The number of ether oxygens (including phenoxy) is 2. The van der Waals surface area contributed by atoms with Crippen LogP contribution in [-0.2, 0) is 23.1 Å². The van der Waals surface area contributed by atoms with E-state index in [9.17, 15) is 8.42 Å². The van der Waals surface area contributed by atoms with E-state index in [2.05, 4.69) is 5.32 Å². The summed E-state index contributed by atoms with van der Waals surface area (Å²) in [5, 5.41) is 3.37. The minimum Gasteiger partial charge on any atom is -0.486 e. The second-order valence-corrected chi connectivity index (χ2v) is 8.80. The van der Waals surface area contributed by atoms with Gasteiger partial charge < -0.3 is 14.8 Å². The van der Waals surface area contributed by atoms with E-state index < -0.39 is 10.0 Å². The zero-order chi connectivity index (χ0) is 19.4. The molecule has 0 fully saturated rings. The van der Waals surface area contributed by atoms with Crippen LogP contribution in [0.25, 0.3) is 0 Å². The standard InChI is InChI=1S/C20H26N2O4S/c1-15(2)22(3)27(23,24)18-9-7-16(8-10-18)13-21-14-17-5-4-6-19-20(17)26-12-11-25-19/h4-10,15,21H,11-14H2,1-3H3. The van der Waals surface area contributed by atoms with Crippen LogP contribution in [0.2, 0.25) is 0 Å². The minimum absolute atomic E-state index is 0.0839. The molecule has 1 N–H and O–H groups in total. The second kappa shape index (κ2) is 8.29. The Morgan fingerprint density at radius 2 is 1.74 bits per heavy atom. The molecule has 0 amide bonds. The van der Waals surface area contributed by atoms with Crippen molar-refractivity contribution in [3.63, 3.8) is 0 Å². The average molecular weight is 391 g/mol. The number of nitrogens with one attached hydrogen (secondary N) is 1. The topological polar surface area (TPSA) is 67.9 Å². The summed E-state index contributed by atoms with van der Waals surface area (Å²) in [5.41, 5.74) is 2.06. The molecule has 0 radical (unpaired) electrons. The largest absolute Gasteiger partial charge is 0.486 e. The van der Waals surface area contributed by atoms with Gasteiger partial charge in [-0.3, -0.25) is 0 Å². The number of para-hydroxylation sites is 1. The highest BCUT2D eigenvalue weighted by Gasteiger charge is 2.22. The number of benzene rings is 2. The molecule has 7 heteroatoms. The zero-order valence-electron chi connectivity index (χ0n) is 15.9. The Bertz CT molecular complexity index is 879. The van der Waals surface area contributed by atoms with Crippen molar-refractivity contribution in [2.24, 2.45) is 0 Å². The number of hydrogen-bond donors (Lipinski definition) is 1. The predicted molar refractivity (Wildman–Crippen MR) is 105 cm³/mol. The fourth-order valence-electron chi connectivity index (χ4n) is 2.84. The summed E-state index contributed by atoms with van der Waals surface area (Å²) in [5.74, 6) is 1.58. The van der Waals surface area contributed by atoms with E-state index >= 15 is 0 Å². The predicted octanol–water partition coefficient (Wildman–Crippen LogP) is 2.78. The van der Waals surface area contributed by atoms with Crippen molar-refractivity contribution in [3.8, 4) is 11.5 Å². The summed E-state index contributed by atoms with van der Waals surface area (Å²) < 4.78 is 37.7. The van der Waals surface area contributed by atoms with Gasteiger partial charge in [-0.2, -0.15) is 4.31 Å². The minimum atomic E-state index is -3.45. The molecule has 0 bridgehead atoms. The van der Waals surface area contributed by atoms with Gasteiger partial charge in [0.15, 0.2) is 11.5 Å². The van der Waals surface area contributed by atoms with E-state index in [1.54, 1.807) is 19.2 Å². The number of nitrogens with zero attached hydrogens (tertiary/aromatic N) is 1. The third kappa shape index (κ3) is 4.43. The monoisotopic (exact) mass is 390 g/mol. The molecule has 0 atom stereocenters. The lowest BCUT2D eigenvalue weighted by atomic mass is 10.1. The maximum Gasteiger partial charge on any atom is 0.243 e. The summed E-state index contributed by atoms with van der Waals surface area (Å²) in [4.78, 5) is 0.310. The van der Waals surface area contributed by atoms with Crippen LogP contribution in [-0.4, -0.2) is 39.0 Å². The summed E-state index contributed by atoms with van der Waals surface area (Å²) in [6.07, 6.45) is 0. The molecule has 146 valence electrons. The van der Waals surface area contributed by atoms with Gasteiger partial charge in [-0.05, 0) is 37.6 Å². The Morgan fingerprint density at radius 1 is 1.04 bits per heavy atom. The number of fused-ring (bicyclic) bond motifs is 1. The van der Waals surface area contributed by atoms with Gasteiger partial charge >= 0.3 is 0 Å². The smallest absolute Gasteiger partial charge is 0.243 e. The molecule has 1 aliphatic rings. The van der Waals surface area contributed by atoms with E-state index in [4.69, 9.17) is 9.47 Å². The van der Waals surface area contributed by atoms with Crippen LogP contribution in [0.15, 0.2) is 47.4 Å². The Kier molecular flexibility index (Phi) is 6.04. The molecule has 1 aliphatic heterocycles. The van der Waals surface area contributed by atoms with Crippen LogP contribution < -0.4 is 14.8 Å². The molecule has 2 aromatic rings. The maximum atomic E-state index is 12.5. The quantitative estimate of drug-likeness (QED) is 0.787. The zero-order valence-corrected chi connectivity index (χ0v) is 16.8. The lowest BCUT2D eigenvalue weighted by Crippen LogP contribution is -2.33. The lowest BCUT2D eigenvalue weighted by molar-refractivity contribution is 0.169. The van der Waals surface area contributed by atoms with Crippen molar-refractivity contribution < 1.29 is 17.9 Å². The van der Waals surface area contributed by atoms with Gasteiger partial charge in [-0.1, -0.05) is 24.3 Å². The average Bonchev–Trinajstić information content (AvgIpc) is 2.68. The molecule has 0 saturated heterocycles. The molecule has 2 aromatic carbocycles. The highest BCUT2D eigenvalue weighted by atomic mass is 32.2. The van der Waals surface area contributed by atoms with E-state index in [1.165, 1.54) is 4.31 Å².